The van der Waals surface area contributed by atoms with Gasteiger partial charge in [-0.2, -0.15) is 5.10 Å². The number of halogens is 2. The first-order valence-electron chi connectivity index (χ1n) is 11.9. The summed E-state index contributed by atoms with van der Waals surface area (Å²) in [6.07, 6.45) is 0. The molecule has 9 heteroatoms. The second kappa shape index (κ2) is 10.3. The van der Waals surface area contributed by atoms with E-state index in [0.29, 0.717) is 45.3 Å². The molecule has 0 spiro atoms. The summed E-state index contributed by atoms with van der Waals surface area (Å²) in [4.78, 5) is 13.2. The minimum absolute atomic E-state index is 0.161. The molecule has 190 valence electrons. The zero-order chi connectivity index (χ0) is 26.1. The third kappa shape index (κ3) is 5.11. The molecule has 1 unspecified atom stereocenters. The summed E-state index contributed by atoms with van der Waals surface area (Å²) in [5, 5.41) is 10.3. The number of nitrogens with zero attached hydrogens (tertiary/aromatic N) is 2. The SMILES string of the molecule is O=C(Nc1ccc(Oc2ccc(Cl)cc2)cc1)N1CC(c2ccc3c(c2)OCO3)C(c2ccc(Cl)cc2)=N1. The molecule has 2 aliphatic rings. The molecule has 0 aromatic heterocycles. The molecule has 2 amide bonds. The Hall–Kier alpha value is -4.20. The second-order valence-corrected chi connectivity index (χ2v) is 9.62. The van der Waals surface area contributed by atoms with E-state index in [0.717, 1.165) is 16.8 Å². The minimum atomic E-state index is -0.342. The van der Waals surface area contributed by atoms with Gasteiger partial charge in [-0.15, -0.1) is 0 Å². The Kier molecular flexibility index (Phi) is 6.54. The van der Waals surface area contributed by atoms with Crippen LogP contribution >= 0.6 is 23.2 Å². The maximum absolute atomic E-state index is 13.2. The number of rotatable bonds is 5. The summed E-state index contributed by atoms with van der Waals surface area (Å²) in [6, 6.07) is 27.1. The maximum Gasteiger partial charge on any atom is 0.342 e. The Labute approximate surface area is 229 Å². The maximum atomic E-state index is 13.2. The van der Waals surface area contributed by atoms with Crippen LogP contribution in [0.4, 0.5) is 10.5 Å². The number of anilines is 1. The van der Waals surface area contributed by atoms with Gasteiger partial charge in [-0.3, -0.25) is 0 Å². The van der Waals surface area contributed by atoms with Crippen LogP contribution < -0.4 is 19.5 Å². The van der Waals surface area contributed by atoms with Crippen LogP contribution in [0.3, 0.4) is 0 Å². The Balaban J connectivity index is 1.20. The van der Waals surface area contributed by atoms with Crippen molar-refractivity contribution in [3.8, 4) is 23.0 Å². The van der Waals surface area contributed by atoms with Crippen molar-refractivity contribution in [1.29, 1.82) is 0 Å². The van der Waals surface area contributed by atoms with Gasteiger partial charge < -0.3 is 19.5 Å². The molecule has 7 nitrogen and oxygen atoms in total. The van der Waals surface area contributed by atoms with Gasteiger partial charge in [0.05, 0.1) is 12.3 Å². The number of nitrogens with one attached hydrogen (secondary N) is 1. The van der Waals surface area contributed by atoms with Crippen molar-refractivity contribution in [3.63, 3.8) is 0 Å². The fourth-order valence-electron chi connectivity index (χ4n) is 4.33. The van der Waals surface area contributed by atoms with Gasteiger partial charge in [0.15, 0.2) is 11.5 Å². The van der Waals surface area contributed by atoms with E-state index in [1.54, 1.807) is 48.5 Å². The zero-order valence-electron chi connectivity index (χ0n) is 19.9. The quantitative estimate of drug-likeness (QED) is 0.281. The highest BCUT2D eigenvalue weighted by atomic mass is 35.5. The van der Waals surface area contributed by atoms with Gasteiger partial charge >= 0.3 is 6.03 Å². The average Bonchev–Trinajstić information content (AvgIpc) is 3.59. The predicted molar refractivity (Wildman–Crippen MR) is 147 cm³/mol. The van der Waals surface area contributed by atoms with Crippen LogP contribution in [0.5, 0.6) is 23.0 Å². The molecule has 6 rings (SSSR count). The van der Waals surface area contributed by atoms with Crippen molar-refractivity contribution in [2.45, 2.75) is 5.92 Å². The van der Waals surface area contributed by atoms with E-state index in [-0.39, 0.29) is 18.7 Å². The number of urea groups is 1. The average molecular weight is 546 g/mol. The van der Waals surface area contributed by atoms with E-state index < -0.39 is 0 Å². The predicted octanol–water partition coefficient (Wildman–Crippen LogP) is 7.55. The van der Waals surface area contributed by atoms with E-state index in [4.69, 9.17) is 42.5 Å². The third-order valence-electron chi connectivity index (χ3n) is 6.24. The summed E-state index contributed by atoms with van der Waals surface area (Å²) < 4.78 is 16.9. The third-order valence-corrected chi connectivity index (χ3v) is 6.75. The van der Waals surface area contributed by atoms with E-state index in [2.05, 4.69) is 5.32 Å². The number of amides is 2. The number of hydrogen-bond donors (Lipinski definition) is 1. The van der Waals surface area contributed by atoms with E-state index >= 15 is 0 Å². The first kappa shape index (κ1) is 24.2. The largest absolute Gasteiger partial charge is 0.457 e. The molecule has 0 fully saturated rings. The standard InChI is InChI=1S/C29H21Cl2N3O4/c30-20-4-1-18(2-5-20)28-25(19-3-14-26-27(15-19)37-17-36-26)16-34(33-28)29(35)32-22-8-12-24(13-9-22)38-23-10-6-21(31)7-11-23/h1-15,25H,16-17H2,(H,32,35). The molecule has 4 aromatic carbocycles. The van der Waals surface area contributed by atoms with Crippen molar-refractivity contribution in [1.82, 2.24) is 5.01 Å². The number of hydrazone groups is 1. The lowest BCUT2D eigenvalue weighted by Crippen LogP contribution is -2.30. The lowest BCUT2D eigenvalue weighted by molar-refractivity contribution is 0.174. The van der Waals surface area contributed by atoms with Gasteiger partial charge in [0, 0.05) is 21.7 Å². The smallest absolute Gasteiger partial charge is 0.342 e. The summed E-state index contributed by atoms with van der Waals surface area (Å²) in [5.74, 6) is 2.53. The van der Waals surface area contributed by atoms with Crippen molar-refractivity contribution >= 4 is 40.6 Å². The van der Waals surface area contributed by atoms with Crippen molar-refractivity contribution in [2.75, 3.05) is 18.7 Å². The molecule has 1 atom stereocenters. The number of fused-ring (bicyclic) bond motifs is 1. The van der Waals surface area contributed by atoms with Crippen LogP contribution in [-0.2, 0) is 0 Å². The number of ether oxygens (including phenoxy) is 3. The fraction of sp³-hybridized carbons (Fsp3) is 0.103. The lowest BCUT2D eigenvalue weighted by Gasteiger charge is -2.16. The van der Waals surface area contributed by atoms with Gasteiger partial charge in [0.2, 0.25) is 6.79 Å². The molecule has 2 aliphatic heterocycles. The molecule has 1 N–H and O–H groups in total. The molecule has 38 heavy (non-hydrogen) atoms. The van der Waals surface area contributed by atoms with E-state index in [1.807, 2.05) is 42.5 Å². The molecule has 0 bridgehead atoms. The fourth-order valence-corrected chi connectivity index (χ4v) is 4.59. The monoisotopic (exact) mass is 545 g/mol. The molecule has 0 radical (unpaired) electrons. The van der Waals surface area contributed by atoms with E-state index in [1.165, 1.54) is 5.01 Å². The first-order valence-corrected chi connectivity index (χ1v) is 12.6. The zero-order valence-corrected chi connectivity index (χ0v) is 21.4. The van der Waals surface area contributed by atoms with Gasteiger partial charge in [0.25, 0.3) is 0 Å². The van der Waals surface area contributed by atoms with Crippen LogP contribution in [0, 0.1) is 0 Å². The highest BCUT2D eigenvalue weighted by Gasteiger charge is 2.33. The van der Waals surface area contributed by atoms with Crippen LogP contribution in [-0.4, -0.2) is 30.1 Å². The number of carbonyl (C=O) groups excluding carboxylic acids is 1. The van der Waals surface area contributed by atoms with Crippen molar-refractivity contribution in [2.24, 2.45) is 5.10 Å². The molecule has 0 aliphatic carbocycles. The number of benzene rings is 4. The summed E-state index contributed by atoms with van der Waals surface area (Å²) in [5.41, 5.74) is 3.24. The first-order chi connectivity index (χ1) is 18.5. The van der Waals surface area contributed by atoms with E-state index in [9.17, 15) is 4.79 Å². The molecule has 2 heterocycles. The Morgan fingerprint density at radius 3 is 2.18 bits per heavy atom. The van der Waals surface area contributed by atoms with Crippen molar-refractivity contribution < 1.29 is 19.0 Å². The van der Waals surface area contributed by atoms with Gasteiger partial charge in [-0.1, -0.05) is 41.4 Å². The minimum Gasteiger partial charge on any atom is -0.457 e. The van der Waals surface area contributed by atoms with Gasteiger partial charge in [-0.25, -0.2) is 9.80 Å². The molecule has 0 saturated heterocycles. The Morgan fingerprint density at radius 1 is 0.842 bits per heavy atom. The topological polar surface area (TPSA) is 72.4 Å². The molecular weight excluding hydrogens is 525 g/mol. The lowest BCUT2D eigenvalue weighted by atomic mass is 9.90. The van der Waals surface area contributed by atoms with Gasteiger partial charge in [-0.05, 0) is 83.9 Å². The number of hydrogen-bond acceptors (Lipinski definition) is 5. The molecular formula is C29H21Cl2N3O4. The summed E-state index contributed by atoms with van der Waals surface area (Å²) in [7, 11) is 0. The number of carbonyl (C=O) groups is 1. The van der Waals surface area contributed by atoms with Crippen LogP contribution in [0.25, 0.3) is 0 Å². The highest BCUT2D eigenvalue weighted by Crippen LogP contribution is 2.37. The summed E-state index contributed by atoms with van der Waals surface area (Å²) in [6.45, 7) is 0.556. The Morgan fingerprint density at radius 2 is 1.47 bits per heavy atom. The van der Waals surface area contributed by atoms with Crippen molar-refractivity contribution in [3.05, 3.63) is 112 Å². The van der Waals surface area contributed by atoms with Crippen LogP contribution in [0.2, 0.25) is 10.0 Å². The highest BCUT2D eigenvalue weighted by molar-refractivity contribution is 6.31. The van der Waals surface area contributed by atoms with Crippen LogP contribution in [0.15, 0.2) is 96.1 Å². The second-order valence-electron chi connectivity index (χ2n) is 8.75. The normalized spacial score (nSPS) is 15.8. The van der Waals surface area contributed by atoms with Gasteiger partial charge in [0.1, 0.15) is 11.5 Å². The Bertz CT molecular complexity index is 1510. The molecule has 0 saturated carbocycles. The summed E-state index contributed by atoms with van der Waals surface area (Å²) >= 11 is 12.0. The van der Waals surface area contributed by atoms with Crippen LogP contribution in [0.1, 0.15) is 17.0 Å². The molecule has 4 aromatic rings.